The van der Waals surface area contributed by atoms with E-state index in [0.29, 0.717) is 0 Å². The van der Waals surface area contributed by atoms with Gasteiger partial charge in [-0.15, -0.1) is 0 Å². The molecule has 0 saturated heterocycles. The third kappa shape index (κ3) is 4.65. The lowest BCUT2D eigenvalue weighted by Gasteiger charge is -2.15. The van der Waals surface area contributed by atoms with Crippen LogP contribution in [0.15, 0.2) is 24.3 Å². The average Bonchev–Trinajstić information content (AvgIpc) is 2.20. The molecule has 1 rings (SSSR count). The molecular formula is C14H21N. The number of hydrogen-bond donors (Lipinski definition) is 0. The summed E-state index contributed by atoms with van der Waals surface area (Å²) in [5.74, 6) is 0. The van der Waals surface area contributed by atoms with Crippen molar-refractivity contribution >= 4 is 0 Å². The first kappa shape index (κ1) is 13.7. The molecule has 0 fully saturated rings. The van der Waals surface area contributed by atoms with E-state index in [4.69, 9.17) is 5.26 Å². The predicted octanol–water partition coefficient (Wildman–Crippen LogP) is 4.21. The third-order valence-corrected chi connectivity index (χ3v) is 2.05. The van der Waals surface area contributed by atoms with E-state index in [1.807, 2.05) is 45.0 Å². The Bertz CT molecular complexity index is 314. The third-order valence-electron chi connectivity index (χ3n) is 2.05. The lowest BCUT2D eigenvalue weighted by Crippen LogP contribution is -2.13. The molecule has 0 aliphatic carbocycles. The second-order valence-corrected chi connectivity index (χ2v) is 4.31. The Kier molecular flexibility index (Phi) is 5.70. The van der Waals surface area contributed by atoms with Crippen LogP contribution < -0.4 is 0 Å². The van der Waals surface area contributed by atoms with Crippen LogP contribution in [0, 0.1) is 18.3 Å². The molecule has 1 aromatic rings. The maximum atomic E-state index is 8.87. The van der Waals surface area contributed by atoms with Crippen LogP contribution >= 0.6 is 0 Å². The lowest BCUT2D eigenvalue weighted by molar-refractivity contribution is 0.686. The van der Waals surface area contributed by atoms with Crippen LogP contribution in [0.25, 0.3) is 0 Å². The number of nitriles is 1. The average molecular weight is 203 g/mol. The maximum Gasteiger partial charge on any atom is 0.0766 e. The number of rotatable bonds is 1. The van der Waals surface area contributed by atoms with E-state index in [9.17, 15) is 0 Å². The summed E-state index contributed by atoms with van der Waals surface area (Å²) < 4.78 is 0. The fourth-order valence-electron chi connectivity index (χ4n) is 1.03. The van der Waals surface area contributed by atoms with Gasteiger partial charge in [0.25, 0.3) is 0 Å². The molecule has 82 valence electrons. The first-order valence-electron chi connectivity index (χ1n) is 5.46. The van der Waals surface area contributed by atoms with Gasteiger partial charge in [0.2, 0.25) is 0 Å². The molecule has 0 heterocycles. The zero-order valence-electron chi connectivity index (χ0n) is 10.5. The van der Waals surface area contributed by atoms with Crippen molar-refractivity contribution < 1.29 is 0 Å². The molecule has 0 aliphatic rings. The summed E-state index contributed by atoms with van der Waals surface area (Å²) in [6.45, 7) is 10.2. The Morgan fingerprint density at radius 3 is 1.87 bits per heavy atom. The molecule has 0 aliphatic heterocycles. The molecule has 0 unspecified atom stereocenters. The Hall–Kier alpha value is -1.29. The van der Waals surface area contributed by atoms with Crippen molar-refractivity contribution in [1.82, 2.24) is 0 Å². The molecule has 0 spiro atoms. The Balaban J connectivity index is 0.000000583. The Labute approximate surface area is 93.7 Å². The van der Waals surface area contributed by atoms with Crippen molar-refractivity contribution in [2.75, 3.05) is 0 Å². The van der Waals surface area contributed by atoms with Gasteiger partial charge in [-0.05, 0) is 26.3 Å². The van der Waals surface area contributed by atoms with Crippen LogP contribution in [-0.2, 0) is 5.41 Å². The Morgan fingerprint density at radius 2 is 1.53 bits per heavy atom. The summed E-state index contributed by atoms with van der Waals surface area (Å²) in [4.78, 5) is 0. The van der Waals surface area contributed by atoms with E-state index in [1.54, 1.807) is 0 Å². The molecule has 0 aromatic heterocycles. The van der Waals surface area contributed by atoms with Gasteiger partial charge in [-0.1, -0.05) is 50.1 Å². The van der Waals surface area contributed by atoms with Crippen molar-refractivity contribution in [2.45, 2.75) is 46.5 Å². The zero-order valence-corrected chi connectivity index (χ0v) is 10.5. The van der Waals surface area contributed by atoms with Crippen LogP contribution in [0.1, 0.15) is 45.2 Å². The molecule has 15 heavy (non-hydrogen) atoms. The molecule has 0 amide bonds. The highest BCUT2D eigenvalue weighted by Gasteiger charge is 2.18. The summed E-state index contributed by atoms with van der Waals surface area (Å²) in [5.41, 5.74) is 1.94. The molecule has 0 radical (unpaired) electrons. The van der Waals surface area contributed by atoms with Crippen molar-refractivity contribution in [1.29, 1.82) is 5.26 Å². The summed E-state index contributed by atoms with van der Waals surface area (Å²) in [6.07, 6.45) is 1.25. The SMILES string of the molecule is CCC.Cc1ccc(C(C)(C)C#N)cc1. The van der Waals surface area contributed by atoms with Crippen molar-refractivity contribution in [3.8, 4) is 6.07 Å². The highest BCUT2D eigenvalue weighted by atomic mass is 14.3. The molecule has 1 heteroatoms. The minimum absolute atomic E-state index is 0.367. The number of hydrogen-bond acceptors (Lipinski definition) is 1. The number of nitrogens with zero attached hydrogens (tertiary/aromatic N) is 1. The topological polar surface area (TPSA) is 23.8 Å². The fourth-order valence-corrected chi connectivity index (χ4v) is 1.03. The standard InChI is InChI=1S/C11H13N.C3H8/c1-9-4-6-10(7-5-9)11(2,3)8-12;1-3-2/h4-7H,1-3H3;3H2,1-2H3. The monoisotopic (exact) mass is 203 g/mol. The molecule has 0 bridgehead atoms. The summed E-state index contributed by atoms with van der Waals surface area (Å²) in [6, 6.07) is 10.4. The van der Waals surface area contributed by atoms with Gasteiger partial charge >= 0.3 is 0 Å². The first-order chi connectivity index (χ1) is 6.97. The van der Waals surface area contributed by atoms with Gasteiger partial charge in [0, 0.05) is 0 Å². The quantitative estimate of drug-likeness (QED) is 0.670. The molecule has 0 atom stereocenters. The summed E-state index contributed by atoms with van der Waals surface area (Å²) in [7, 11) is 0. The van der Waals surface area contributed by atoms with Crippen LogP contribution in [0.4, 0.5) is 0 Å². The zero-order chi connectivity index (χ0) is 11.9. The summed E-state index contributed by atoms with van der Waals surface area (Å²) in [5, 5.41) is 8.87. The molecule has 0 saturated carbocycles. The fraction of sp³-hybridized carbons (Fsp3) is 0.500. The number of aryl methyl sites for hydroxylation is 1. The lowest BCUT2D eigenvalue weighted by atomic mass is 9.86. The van der Waals surface area contributed by atoms with Gasteiger partial charge < -0.3 is 0 Å². The molecule has 0 N–H and O–H groups in total. The molecule has 1 aromatic carbocycles. The van der Waals surface area contributed by atoms with E-state index < -0.39 is 0 Å². The minimum Gasteiger partial charge on any atom is -0.197 e. The van der Waals surface area contributed by atoms with Gasteiger partial charge in [-0.3, -0.25) is 0 Å². The van der Waals surface area contributed by atoms with Crippen molar-refractivity contribution in [3.63, 3.8) is 0 Å². The van der Waals surface area contributed by atoms with Crippen molar-refractivity contribution in [2.24, 2.45) is 0 Å². The summed E-state index contributed by atoms with van der Waals surface area (Å²) >= 11 is 0. The van der Waals surface area contributed by atoms with Gasteiger partial charge in [0.1, 0.15) is 0 Å². The minimum atomic E-state index is -0.367. The van der Waals surface area contributed by atoms with E-state index in [1.165, 1.54) is 12.0 Å². The second-order valence-electron chi connectivity index (χ2n) is 4.31. The highest BCUT2D eigenvalue weighted by molar-refractivity contribution is 5.32. The van der Waals surface area contributed by atoms with E-state index in [2.05, 4.69) is 19.9 Å². The second kappa shape index (κ2) is 6.24. The van der Waals surface area contributed by atoms with Crippen molar-refractivity contribution in [3.05, 3.63) is 35.4 Å². The first-order valence-corrected chi connectivity index (χ1v) is 5.46. The van der Waals surface area contributed by atoms with Gasteiger partial charge in [0.15, 0.2) is 0 Å². The van der Waals surface area contributed by atoms with E-state index >= 15 is 0 Å². The smallest absolute Gasteiger partial charge is 0.0766 e. The molecule has 1 nitrogen and oxygen atoms in total. The van der Waals surface area contributed by atoms with Crippen LogP contribution in [-0.4, -0.2) is 0 Å². The van der Waals surface area contributed by atoms with Crippen LogP contribution in [0.3, 0.4) is 0 Å². The van der Waals surface area contributed by atoms with Gasteiger partial charge in [-0.25, -0.2) is 0 Å². The number of benzene rings is 1. The van der Waals surface area contributed by atoms with Gasteiger partial charge in [-0.2, -0.15) is 5.26 Å². The van der Waals surface area contributed by atoms with Gasteiger partial charge in [0.05, 0.1) is 11.5 Å². The molecular weight excluding hydrogens is 182 g/mol. The predicted molar refractivity (Wildman–Crippen MR) is 65.8 cm³/mol. The largest absolute Gasteiger partial charge is 0.197 e. The highest BCUT2D eigenvalue weighted by Crippen LogP contribution is 2.21. The van der Waals surface area contributed by atoms with E-state index in [-0.39, 0.29) is 5.41 Å². The van der Waals surface area contributed by atoms with Crippen LogP contribution in [0.2, 0.25) is 0 Å². The Morgan fingerprint density at radius 1 is 1.13 bits per heavy atom. The normalized spacial score (nSPS) is 9.87. The van der Waals surface area contributed by atoms with E-state index in [0.717, 1.165) is 5.56 Å². The maximum absolute atomic E-state index is 8.87. The van der Waals surface area contributed by atoms with Crippen LogP contribution in [0.5, 0.6) is 0 Å².